The van der Waals surface area contributed by atoms with Crippen molar-refractivity contribution in [3.05, 3.63) is 47.7 Å². The second-order valence-electron chi connectivity index (χ2n) is 10.9. The van der Waals surface area contributed by atoms with Gasteiger partial charge in [-0.15, -0.1) is 0 Å². The van der Waals surface area contributed by atoms with Crippen molar-refractivity contribution in [3.8, 4) is 0 Å². The number of piperidine rings is 1. The fourth-order valence-corrected chi connectivity index (χ4v) is 4.78. The fraction of sp³-hybridized carbons (Fsp3) is 0.536. The number of aromatic nitrogens is 1. The number of carbonyl (C=O) groups excluding carboxylic acids is 2. The molecule has 200 valence electrons. The van der Waals surface area contributed by atoms with Crippen molar-refractivity contribution in [1.29, 1.82) is 0 Å². The Morgan fingerprint density at radius 1 is 1.11 bits per heavy atom. The van der Waals surface area contributed by atoms with Gasteiger partial charge in [0, 0.05) is 50.8 Å². The summed E-state index contributed by atoms with van der Waals surface area (Å²) in [5, 5.41) is 6.73. The maximum Gasteiger partial charge on any atom is 0.410 e. The van der Waals surface area contributed by atoms with E-state index in [2.05, 4.69) is 39.9 Å². The van der Waals surface area contributed by atoms with Crippen molar-refractivity contribution in [3.63, 3.8) is 0 Å². The maximum absolute atomic E-state index is 12.3. The third kappa shape index (κ3) is 7.58. The number of likely N-dealkylation sites (tertiary alicyclic amines) is 1. The number of benzene rings is 1. The molecule has 4 rings (SSSR count). The van der Waals surface area contributed by atoms with Crippen LogP contribution >= 0.6 is 0 Å². The van der Waals surface area contributed by atoms with E-state index in [1.807, 2.05) is 26.8 Å². The zero-order chi connectivity index (χ0) is 26.4. The van der Waals surface area contributed by atoms with E-state index >= 15 is 0 Å². The van der Waals surface area contributed by atoms with Gasteiger partial charge >= 0.3 is 6.09 Å². The number of nitrogens with one attached hydrogen (secondary N) is 2. The van der Waals surface area contributed by atoms with Crippen LogP contribution in [0.25, 0.3) is 0 Å². The van der Waals surface area contributed by atoms with Crippen LogP contribution < -0.4 is 16.4 Å². The minimum absolute atomic E-state index is 0.263. The van der Waals surface area contributed by atoms with E-state index in [-0.39, 0.29) is 6.09 Å². The predicted molar refractivity (Wildman–Crippen MR) is 144 cm³/mol. The minimum atomic E-state index is -0.526. The highest BCUT2D eigenvalue weighted by molar-refractivity contribution is 5.98. The Labute approximate surface area is 219 Å². The first-order valence-electron chi connectivity index (χ1n) is 13.1. The number of rotatable bonds is 7. The topological polar surface area (TPSA) is 119 Å². The van der Waals surface area contributed by atoms with Gasteiger partial charge in [0.05, 0.1) is 11.3 Å². The van der Waals surface area contributed by atoms with Crippen LogP contribution in [0.1, 0.15) is 68.3 Å². The highest BCUT2D eigenvalue weighted by Gasteiger charge is 2.27. The lowest BCUT2D eigenvalue weighted by Crippen LogP contribution is -2.42. The molecule has 2 amide bonds. The van der Waals surface area contributed by atoms with Gasteiger partial charge in [0.15, 0.2) is 0 Å². The Morgan fingerprint density at radius 2 is 1.78 bits per heavy atom. The Hall–Kier alpha value is -3.33. The van der Waals surface area contributed by atoms with Crippen LogP contribution in [0.3, 0.4) is 0 Å². The standard InChI is InChI=1S/C28H39N5O4/c1-28(2,3)37-27(35)33-12-8-19(9-13-33)17-30-24-16-25(31-18-23(24)26(29)34)32-22-6-4-20(5-7-22)21-10-14-36-15-11-21/h4-7,16,18-19,21H,8-15,17H2,1-3H3,(H2,29,34)(H2,30,31,32). The second-order valence-corrected chi connectivity index (χ2v) is 10.9. The summed E-state index contributed by atoms with van der Waals surface area (Å²) in [5.74, 6) is 1.01. The molecule has 0 aliphatic carbocycles. The molecule has 9 heteroatoms. The molecule has 2 fully saturated rings. The lowest BCUT2D eigenvalue weighted by Gasteiger charge is -2.33. The van der Waals surface area contributed by atoms with Crippen LogP contribution in [-0.2, 0) is 9.47 Å². The van der Waals surface area contributed by atoms with Gasteiger partial charge in [-0.25, -0.2) is 9.78 Å². The number of primary amides is 1. The Kier molecular flexibility index (Phi) is 8.53. The van der Waals surface area contributed by atoms with Crippen molar-refractivity contribution in [2.24, 2.45) is 11.7 Å². The average molecular weight is 510 g/mol. The van der Waals surface area contributed by atoms with Gasteiger partial charge in [0.1, 0.15) is 11.4 Å². The van der Waals surface area contributed by atoms with Crippen LogP contribution in [0, 0.1) is 5.92 Å². The average Bonchev–Trinajstić information content (AvgIpc) is 2.88. The largest absolute Gasteiger partial charge is 0.444 e. The van der Waals surface area contributed by atoms with E-state index in [0.29, 0.717) is 48.5 Å². The molecule has 2 saturated heterocycles. The minimum Gasteiger partial charge on any atom is -0.444 e. The summed E-state index contributed by atoms with van der Waals surface area (Å²) < 4.78 is 11.0. The van der Waals surface area contributed by atoms with Crippen LogP contribution in [0.15, 0.2) is 36.5 Å². The number of anilines is 3. The predicted octanol–water partition coefficient (Wildman–Crippen LogP) is 4.88. The SMILES string of the molecule is CC(C)(C)OC(=O)N1CCC(CNc2cc(Nc3ccc(C4CCOCC4)cc3)ncc2C(N)=O)CC1. The summed E-state index contributed by atoms with van der Waals surface area (Å²) >= 11 is 0. The summed E-state index contributed by atoms with van der Waals surface area (Å²) in [6, 6.07) is 10.2. The molecule has 0 radical (unpaired) electrons. The molecular formula is C28H39N5O4. The number of carbonyl (C=O) groups is 2. The second kappa shape index (κ2) is 11.8. The molecule has 37 heavy (non-hydrogen) atoms. The zero-order valence-electron chi connectivity index (χ0n) is 22.1. The molecule has 2 aliphatic rings. The molecule has 9 nitrogen and oxygen atoms in total. The third-order valence-electron chi connectivity index (χ3n) is 6.89. The van der Waals surface area contributed by atoms with Crippen molar-refractivity contribution in [2.45, 2.75) is 58.0 Å². The highest BCUT2D eigenvalue weighted by atomic mass is 16.6. The normalized spacial score (nSPS) is 17.3. The van der Waals surface area contributed by atoms with Gasteiger partial charge in [-0.3, -0.25) is 4.79 Å². The maximum atomic E-state index is 12.3. The first-order chi connectivity index (χ1) is 17.7. The molecular weight excluding hydrogens is 470 g/mol. The first-order valence-corrected chi connectivity index (χ1v) is 13.1. The Bertz CT molecular complexity index is 1070. The van der Waals surface area contributed by atoms with Gasteiger partial charge in [-0.2, -0.15) is 0 Å². The molecule has 0 spiro atoms. The molecule has 4 N–H and O–H groups in total. The quantitative estimate of drug-likeness (QED) is 0.487. The molecule has 0 bridgehead atoms. The number of ether oxygens (including phenoxy) is 2. The molecule has 3 heterocycles. The Morgan fingerprint density at radius 3 is 2.41 bits per heavy atom. The number of hydrogen-bond acceptors (Lipinski definition) is 7. The van der Waals surface area contributed by atoms with Gasteiger partial charge in [0.2, 0.25) is 0 Å². The van der Waals surface area contributed by atoms with Crippen molar-refractivity contribution in [1.82, 2.24) is 9.88 Å². The van der Waals surface area contributed by atoms with Gasteiger partial charge in [0.25, 0.3) is 5.91 Å². The summed E-state index contributed by atoms with van der Waals surface area (Å²) in [6.07, 6.45) is 5.06. The number of nitrogens with zero attached hydrogens (tertiary/aromatic N) is 2. The van der Waals surface area contributed by atoms with E-state index in [4.69, 9.17) is 15.2 Å². The zero-order valence-corrected chi connectivity index (χ0v) is 22.1. The lowest BCUT2D eigenvalue weighted by molar-refractivity contribution is 0.0188. The molecule has 0 unspecified atom stereocenters. The van der Waals surface area contributed by atoms with E-state index in [1.165, 1.54) is 11.8 Å². The number of pyridine rings is 1. The monoisotopic (exact) mass is 509 g/mol. The fourth-order valence-electron chi connectivity index (χ4n) is 4.78. The summed E-state index contributed by atoms with van der Waals surface area (Å²) in [5.41, 5.74) is 8.37. The van der Waals surface area contributed by atoms with Crippen molar-refractivity contribution >= 4 is 29.2 Å². The van der Waals surface area contributed by atoms with Crippen molar-refractivity contribution < 1.29 is 19.1 Å². The van der Waals surface area contributed by atoms with Gasteiger partial charge in [-0.1, -0.05) is 12.1 Å². The summed E-state index contributed by atoms with van der Waals surface area (Å²) in [6.45, 7) is 9.23. The van der Waals surface area contributed by atoms with E-state index in [9.17, 15) is 9.59 Å². The first kappa shape index (κ1) is 26.7. The van der Waals surface area contributed by atoms with Crippen molar-refractivity contribution in [2.75, 3.05) is 43.5 Å². The van der Waals surface area contributed by atoms with Crippen LogP contribution in [0.2, 0.25) is 0 Å². The smallest absolute Gasteiger partial charge is 0.410 e. The van der Waals surface area contributed by atoms with E-state index in [1.54, 1.807) is 4.90 Å². The third-order valence-corrected chi connectivity index (χ3v) is 6.89. The molecule has 1 aromatic heterocycles. The summed E-state index contributed by atoms with van der Waals surface area (Å²) in [4.78, 5) is 30.5. The van der Waals surface area contributed by atoms with Crippen LogP contribution in [0.4, 0.5) is 22.0 Å². The van der Waals surface area contributed by atoms with Crippen LogP contribution in [0.5, 0.6) is 0 Å². The molecule has 2 aliphatic heterocycles. The van der Waals surface area contributed by atoms with Gasteiger partial charge in [-0.05, 0) is 76.0 Å². The molecule has 2 aromatic rings. The number of amides is 2. The molecule has 1 aromatic carbocycles. The highest BCUT2D eigenvalue weighted by Crippen LogP contribution is 2.29. The van der Waals surface area contributed by atoms with Crippen LogP contribution in [-0.4, -0.2) is 60.3 Å². The van der Waals surface area contributed by atoms with Gasteiger partial charge < -0.3 is 30.7 Å². The molecule has 0 saturated carbocycles. The van der Waals surface area contributed by atoms with E-state index < -0.39 is 11.5 Å². The summed E-state index contributed by atoms with van der Waals surface area (Å²) in [7, 11) is 0. The Balaban J connectivity index is 1.34. The molecule has 0 atom stereocenters. The van der Waals surface area contributed by atoms with E-state index in [0.717, 1.165) is 44.6 Å². The number of nitrogens with two attached hydrogens (primary N) is 1. The lowest BCUT2D eigenvalue weighted by atomic mass is 9.92. The number of hydrogen-bond donors (Lipinski definition) is 3.